The predicted octanol–water partition coefficient (Wildman–Crippen LogP) is -1.49. The van der Waals surface area contributed by atoms with Gasteiger partial charge in [-0.25, -0.2) is 4.79 Å². The molecule has 2 amide bonds. The van der Waals surface area contributed by atoms with Gasteiger partial charge in [-0.1, -0.05) is 45.4 Å². The Balaban J connectivity index is 1.66. The Morgan fingerprint density at radius 1 is 1.12 bits per heavy atom. The number of nitrogens with zero attached hydrogens (tertiary/aromatic N) is 1. The number of primary amides is 1. The van der Waals surface area contributed by atoms with Crippen LogP contribution in [0.15, 0.2) is 33.7 Å². The molecule has 0 radical (unpaired) electrons. The maximum absolute atomic E-state index is 12.7. The third kappa shape index (κ3) is 8.24. The number of rotatable bonds is 15. The Kier molecular flexibility index (Phi) is 12.1. The number of unbranched alkanes of at least 4 members (excludes halogenated alkanes) is 6. The number of H-pyrrole nitrogens is 1. The minimum atomic E-state index is -1.74. The average Bonchev–Trinajstić information content (AvgIpc) is 3.25. The Morgan fingerprint density at radius 3 is 2.44 bits per heavy atom. The predicted molar refractivity (Wildman–Crippen MR) is 142 cm³/mol. The summed E-state index contributed by atoms with van der Waals surface area (Å²) in [6, 6.07) is 1.04. The van der Waals surface area contributed by atoms with Gasteiger partial charge >= 0.3 is 5.69 Å². The fraction of sp³-hybridized carbons (Fsp3) is 0.692. The molecular formula is C26H40N4O11. The standard InChI is InChI=1S/C26H40N4O11/c1-3-4-5-6-7-8-9-11-28-23(36)15-13-14(31)17(33)25(39-15)41-21(22(27)35)20-19(38-2)18(34)24(40-20)30-12-10-16(32)29-26(30)37/h10,12-14,17-21,24-25,31,33-34H,3-9,11H2,1-2H3,(H2,27,35)(H,28,36)(H,29,32,37)/t14-,17-,18+,19-,20-,21+,24+,25+/m0/s1. The van der Waals surface area contributed by atoms with E-state index in [0.717, 1.165) is 55.0 Å². The van der Waals surface area contributed by atoms with Crippen molar-refractivity contribution in [2.24, 2.45) is 5.73 Å². The molecule has 1 fully saturated rings. The minimum absolute atomic E-state index is 0.327. The lowest BCUT2D eigenvalue weighted by atomic mass is 10.0. The van der Waals surface area contributed by atoms with Gasteiger partial charge < -0.3 is 45.3 Å². The van der Waals surface area contributed by atoms with Gasteiger partial charge in [-0.2, -0.15) is 0 Å². The zero-order chi connectivity index (χ0) is 30.1. The van der Waals surface area contributed by atoms with Crippen molar-refractivity contribution in [2.45, 2.75) is 101 Å². The van der Waals surface area contributed by atoms with Crippen molar-refractivity contribution in [3.8, 4) is 0 Å². The fourth-order valence-electron chi connectivity index (χ4n) is 4.76. The Bertz CT molecular complexity index is 1170. The molecule has 0 saturated carbocycles. The van der Waals surface area contributed by atoms with Gasteiger partial charge in [-0.05, 0) is 12.5 Å². The van der Waals surface area contributed by atoms with Crippen LogP contribution < -0.4 is 22.3 Å². The molecule has 7 N–H and O–H groups in total. The molecule has 3 rings (SSSR count). The smallest absolute Gasteiger partial charge is 0.330 e. The number of ether oxygens (including phenoxy) is 4. The van der Waals surface area contributed by atoms with Gasteiger partial charge in [0.15, 0.2) is 18.1 Å². The highest BCUT2D eigenvalue weighted by Gasteiger charge is 2.52. The van der Waals surface area contributed by atoms with E-state index < -0.39 is 72.2 Å². The third-order valence-corrected chi connectivity index (χ3v) is 6.99. The first kappa shape index (κ1) is 32.4. The lowest BCUT2D eigenvalue weighted by Gasteiger charge is -2.35. The van der Waals surface area contributed by atoms with E-state index in [1.807, 2.05) is 4.98 Å². The van der Waals surface area contributed by atoms with E-state index in [2.05, 4.69) is 12.2 Å². The number of hydrogen-bond acceptors (Lipinski definition) is 11. The van der Waals surface area contributed by atoms with Gasteiger partial charge in [0, 0.05) is 25.9 Å². The Morgan fingerprint density at radius 2 is 1.80 bits per heavy atom. The van der Waals surface area contributed by atoms with E-state index in [1.165, 1.54) is 20.0 Å². The summed E-state index contributed by atoms with van der Waals surface area (Å²) >= 11 is 0. The van der Waals surface area contributed by atoms with Crippen LogP contribution in [0.3, 0.4) is 0 Å². The lowest BCUT2D eigenvalue weighted by Crippen LogP contribution is -2.54. The second-order valence-electron chi connectivity index (χ2n) is 10.0. The highest BCUT2D eigenvalue weighted by molar-refractivity contribution is 5.91. The molecule has 1 aromatic heterocycles. The maximum Gasteiger partial charge on any atom is 0.330 e. The highest BCUT2D eigenvalue weighted by Crippen LogP contribution is 2.34. The molecule has 41 heavy (non-hydrogen) atoms. The van der Waals surface area contributed by atoms with Crippen molar-refractivity contribution in [1.29, 1.82) is 0 Å². The molecule has 0 aliphatic carbocycles. The van der Waals surface area contributed by atoms with Gasteiger partial charge in [0.05, 0.1) is 0 Å². The molecule has 3 heterocycles. The number of aliphatic hydroxyl groups is 3. The number of aromatic nitrogens is 2. The van der Waals surface area contributed by atoms with E-state index in [4.69, 9.17) is 24.7 Å². The zero-order valence-electron chi connectivity index (χ0n) is 23.1. The van der Waals surface area contributed by atoms with Crippen LogP contribution in [-0.4, -0.2) is 93.3 Å². The van der Waals surface area contributed by atoms with Crippen molar-refractivity contribution in [2.75, 3.05) is 13.7 Å². The second-order valence-corrected chi connectivity index (χ2v) is 10.0. The van der Waals surface area contributed by atoms with Crippen molar-refractivity contribution >= 4 is 11.8 Å². The molecule has 0 bridgehead atoms. The van der Waals surface area contributed by atoms with E-state index >= 15 is 0 Å². The maximum atomic E-state index is 12.7. The van der Waals surface area contributed by atoms with E-state index in [0.29, 0.717) is 6.54 Å². The Hall–Kier alpha value is -3.08. The molecule has 0 unspecified atom stereocenters. The number of amides is 2. The molecule has 2 aliphatic rings. The molecule has 0 spiro atoms. The summed E-state index contributed by atoms with van der Waals surface area (Å²) in [5.74, 6) is -2.08. The van der Waals surface area contributed by atoms with Crippen LogP contribution in [0.4, 0.5) is 0 Å². The minimum Gasteiger partial charge on any atom is -0.456 e. The number of hydrogen-bond donors (Lipinski definition) is 6. The van der Waals surface area contributed by atoms with Gasteiger partial charge in [-0.15, -0.1) is 0 Å². The molecule has 15 heteroatoms. The van der Waals surface area contributed by atoms with Crippen LogP contribution in [0.1, 0.15) is 58.1 Å². The summed E-state index contributed by atoms with van der Waals surface area (Å²) in [5.41, 5.74) is 3.99. The van der Waals surface area contributed by atoms with Crippen LogP contribution in [-0.2, 0) is 28.5 Å². The summed E-state index contributed by atoms with van der Waals surface area (Å²) < 4.78 is 23.0. The summed E-state index contributed by atoms with van der Waals surface area (Å²) in [4.78, 5) is 50.8. The SMILES string of the molecule is CCCCCCCCCNC(=O)C1=C[C@H](O)[C@H](O)[C@@H](O[C@@H](C(N)=O)[C@H]2O[C@@H](n3ccc(=O)[nH]c3=O)[C@H](O)[C@@H]2OC)O1. The molecule has 1 saturated heterocycles. The number of nitrogens with one attached hydrogen (secondary N) is 2. The van der Waals surface area contributed by atoms with E-state index in [1.54, 1.807) is 0 Å². The van der Waals surface area contributed by atoms with E-state index in [-0.39, 0.29) is 5.76 Å². The normalized spacial score (nSPS) is 28.5. The molecule has 8 atom stereocenters. The number of methoxy groups -OCH3 is 1. The largest absolute Gasteiger partial charge is 0.456 e. The molecular weight excluding hydrogens is 544 g/mol. The van der Waals surface area contributed by atoms with Crippen molar-refractivity contribution in [3.63, 3.8) is 0 Å². The zero-order valence-corrected chi connectivity index (χ0v) is 23.1. The van der Waals surface area contributed by atoms with Gasteiger partial charge in [0.25, 0.3) is 11.5 Å². The molecule has 1 aromatic rings. The lowest BCUT2D eigenvalue weighted by molar-refractivity contribution is -0.241. The monoisotopic (exact) mass is 584 g/mol. The number of aromatic amines is 1. The van der Waals surface area contributed by atoms with Crippen LogP contribution in [0.25, 0.3) is 0 Å². The average molecular weight is 585 g/mol. The number of carbonyl (C=O) groups excluding carboxylic acids is 2. The summed E-state index contributed by atoms with van der Waals surface area (Å²) in [5, 5.41) is 34.3. The van der Waals surface area contributed by atoms with Gasteiger partial charge in [-0.3, -0.25) is 23.9 Å². The third-order valence-electron chi connectivity index (χ3n) is 6.99. The van der Waals surface area contributed by atoms with Gasteiger partial charge in [0.1, 0.15) is 30.5 Å². The first-order valence-electron chi connectivity index (χ1n) is 13.7. The first-order valence-corrected chi connectivity index (χ1v) is 13.7. The van der Waals surface area contributed by atoms with Crippen LogP contribution in [0.5, 0.6) is 0 Å². The number of nitrogens with two attached hydrogens (primary N) is 1. The van der Waals surface area contributed by atoms with Crippen molar-refractivity contribution < 1.29 is 43.9 Å². The van der Waals surface area contributed by atoms with Crippen molar-refractivity contribution in [1.82, 2.24) is 14.9 Å². The molecule has 230 valence electrons. The highest BCUT2D eigenvalue weighted by atomic mass is 16.7. The molecule has 15 nitrogen and oxygen atoms in total. The van der Waals surface area contributed by atoms with Crippen molar-refractivity contribution in [3.05, 3.63) is 44.9 Å². The molecule has 2 aliphatic heterocycles. The van der Waals surface area contributed by atoms with E-state index in [9.17, 15) is 34.5 Å². The summed E-state index contributed by atoms with van der Waals surface area (Å²) in [6.07, 6.45) is -2.84. The summed E-state index contributed by atoms with van der Waals surface area (Å²) in [7, 11) is 1.21. The van der Waals surface area contributed by atoms with Crippen LogP contribution in [0.2, 0.25) is 0 Å². The fourth-order valence-corrected chi connectivity index (χ4v) is 4.76. The first-order chi connectivity index (χ1) is 19.6. The number of carbonyl (C=O) groups is 2. The second kappa shape index (κ2) is 15.2. The molecule has 0 aromatic carbocycles. The number of aliphatic hydroxyl groups excluding tert-OH is 3. The topological polar surface area (TPSA) is 225 Å². The summed E-state index contributed by atoms with van der Waals surface area (Å²) in [6.45, 7) is 2.52. The Labute approximate surface area is 236 Å². The quantitative estimate of drug-likeness (QED) is 0.130. The van der Waals surface area contributed by atoms with Gasteiger partial charge in [0.2, 0.25) is 12.2 Å². The van der Waals surface area contributed by atoms with Crippen LogP contribution in [0, 0.1) is 0 Å². The van der Waals surface area contributed by atoms with Crippen LogP contribution >= 0.6 is 0 Å².